The summed E-state index contributed by atoms with van der Waals surface area (Å²) in [7, 11) is 0. The molecule has 2 amide bonds. The van der Waals surface area contributed by atoms with Crippen LogP contribution in [0.1, 0.15) is 44.2 Å². The summed E-state index contributed by atoms with van der Waals surface area (Å²) in [6, 6.07) is 8.52. The molecule has 0 radical (unpaired) electrons. The normalized spacial score (nSPS) is 22.4. The van der Waals surface area contributed by atoms with E-state index in [0.29, 0.717) is 13.1 Å². The van der Waals surface area contributed by atoms with Crippen molar-refractivity contribution >= 4 is 27.7 Å². The zero-order valence-electron chi connectivity index (χ0n) is 13.5. The highest BCUT2D eigenvalue weighted by atomic mass is 79.9. The van der Waals surface area contributed by atoms with Crippen LogP contribution in [0.25, 0.3) is 0 Å². The van der Waals surface area contributed by atoms with E-state index in [1.807, 2.05) is 17.0 Å². The van der Waals surface area contributed by atoms with Gasteiger partial charge in [-0.25, -0.2) is 0 Å². The van der Waals surface area contributed by atoms with E-state index in [-0.39, 0.29) is 23.8 Å². The second-order valence-electron chi connectivity index (χ2n) is 6.52. The molecule has 0 aliphatic carbocycles. The molecular formula is C18H23BrN2O2. The third-order valence-electron chi connectivity index (χ3n) is 5.08. The summed E-state index contributed by atoms with van der Waals surface area (Å²) in [5.74, 6) is 0.463. The van der Waals surface area contributed by atoms with Crippen LogP contribution < -0.4 is 0 Å². The average molecular weight is 379 g/mol. The predicted molar refractivity (Wildman–Crippen MR) is 92.8 cm³/mol. The molecule has 2 aliphatic rings. The summed E-state index contributed by atoms with van der Waals surface area (Å²) in [5, 5.41) is 0. The first kappa shape index (κ1) is 16.5. The van der Waals surface area contributed by atoms with Gasteiger partial charge in [-0.2, -0.15) is 0 Å². The van der Waals surface area contributed by atoms with Gasteiger partial charge < -0.3 is 9.80 Å². The summed E-state index contributed by atoms with van der Waals surface area (Å²) in [6.07, 6.45) is 3.70. The number of hydrogen-bond acceptors (Lipinski definition) is 2. The Hall–Kier alpha value is -1.36. The van der Waals surface area contributed by atoms with Gasteiger partial charge in [0.25, 0.3) is 0 Å². The van der Waals surface area contributed by atoms with Crippen molar-refractivity contribution < 1.29 is 9.59 Å². The maximum Gasteiger partial charge on any atom is 0.226 e. The zero-order valence-corrected chi connectivity index (χ0v) is 15.1. The van der Waals surface area contributed by atoms with Crippen molar-refractivity contribution in [1.82, 2.24) is 9.80 Å². The highest BCUT2D eigenvalue weighted by Crippen LogP contribution is 2.35. The monoisotopic (exact) mass is 378 g/mol. The number of carbonyl (C=O) groups excluding carboxylic acids is 2. The van der Waals surface area contributed by atoms with Crippen molar-refractivity contribution in [2.75, 3.05) is 19.6 Å². The van der Waals surface area contributed by atoms with Gasteiger partial charge in [0.15, 0.2) is 0 Å². The zero-order chi connectivity index (χ0) is 16.4. The predicted octanol–water partition coefficient (Wildman–Crippen LogP) is 3.37. The van der Waals surface area contributed by atoms with E-state index in [4.69, 9.17) is 0 Å². The highest BCUT2D eigenvalue weighted by Gasteiger charge is 2.35. The number of nitrogens with zero attached hydrogens (tertiary/aromatic N) is 2. The van der Waals surface area contributed by atoms with Crippen LogP contribution in [0, 0.1) is 5.92 Å². The van der Waals surface area contributed by atoms with Gasteiger partial charge in [0, 0.05) is 36.9 Å². The molecule has 0 aromatic heterocycles. The van der Waals surface area contributed by atoms with Gasteiger partial charge in [-0.15, -0.1) is 0 Å². The Morgan fingerprint density at radius 2 is 1.70 bits per heavy atom. The molecule has 2 heterocycles. The van der Waals surface area contributed by atoms with E-state index < -0.39 is 0 Å². The minimum atomic E-state index is 0.0710. The van der Waals surface area contributed by atoms with Crippen molar-refractivity contribution in [2.24, 2.45) is 5.92 Å². The second kappa shape index (κ2) is 7.04. The van der Waals surface area contributed by atoms with Gasteiger partial charge in [-0.05, 0) is 43.4 Å². The quantitative estimate of drug-likeness (QED) is 0.791. The summed E-state index contributed by atoms with van der Waals surface area (Å²) in [5.41, 5.74) is 1.22. The molecule has 23 heavy (non-hydrogen) atoms. The summed E-state index contributed by atoms with van der Waals surface area (Å²) in [4.78, 5) is 28.3. The standard InChI is InChI=1S/C18H23BrN2O2/c1-13(22)20-11-8-15(9-12-20)18(23)21-10-2-3-17(21)14-4-6-16(19)7-5-14/h4-7,15,17H,2-3,8-12H2,1H3/t17-/m1/s1. The number of likely N-dealkylation sites (tertiary alicyclic amines) is 2. The SMILES string of the molecule is CC(=O)N1CCC(C(=O)N2CCC[C@@H]2c2ccc(Br)cc2)CC1. The third-order valence-corrected chi connectivity index (χ3v) is 5.61. The van der Waals surface area contributed by atoms with Crippen molar-refractivity contribution in [3.63, 3.8) is 0 Å². The molecule has 5 heteroatoms. The van der Waals surface area contributed by atoms with E-state index in [0.717, 1.165) is 36.7 Å². The Kier molecular flexibility index (Phi) is 5.05. The number of piperidine rings is 1. The van der Waals surface area contributed by atoms with Gasteiger partial charge in [0.2, 0.25) is 11.8 Å². The maximum atomic E-state index is 12.9. The van der Waals surface area contributed by atoms with Gasteiger partial charge in [0.1, 0.15) is 0 Å². The van der Waals surface area contributed by atoms with Crippen LogP contribution >= 0.6 is 15.9 Å². The molecule has 2 fully saturated rings. The number of carbonyl (C=O) groups is 2. The Morgan fingerprint density at radius 1 is 1.04 bits per heavy atom. The van der Waals surface area contributed by atoms with Crippen LogP contribution in [0.2, 0.25) is 0 Å². The third kappa shape index (κ3) is 3.60. The van der Waals surface area contributed by atoms with Gasteiger partial charge >= 0.3 is 0 Å². The Bertz CT molecular complexity index is 579. The molecule has 2 aliphatic heterocycles. The molecule has 124 valence electrons. The van der Waals surface area contributed by atoms with Crippen molar-refractivity contribution in [1.29, 1.82) is 0 Å². The van der Waals surface area contributed by atoms with E-state index in [2.05, 4.69) is 33.0 Å². The first-order valence-electron chi connectivity index (χ1n) is 8.37. The molecule has 1 aromatic carbocycles. The summed E-state index contributed by atoms with van der Waals surface area (Å²) >= 11 is 3.47. The lowest BCUT2D eigenvalue weighted by Crippen LogP contribution is -2.43. The van der Waals surface area contributed by atoms with Crippen LogP contribution in [0.15, 0.2) is 28.7 Å². The van der Waals surface area contributed by atoms with Gasteiger partial charge in [-0.1, -0.05) is 28.1 Å². The van der Waals surface area contributed by atoms with Gasteiger partial charge in [0.05, 0.1) is 6.04 Å². The van der Waals surface area contributed by atoms with Crippen LogP contribution in [0.3, 0.4) is 0 Å². The van der Waals surface area contributed by atoms with Crippen molar-refractivity contribution in [3.05, 3.63) is 34.3 Å². The smallest absolute Gasteiger partial charge is 0.226 e. The van der Waals surface area contributed by atoms with Crippen LogP contribution in [0.5, 0.6) is 0 Å². The van der Waals surface area contributed by atoms with E-state index in [1.165, 1.54) is 5.56 Å². The first-order valence-corrected chi connectivity index (χ1v) is 9.17. The maximum absolute atomic E-state index is 12.9. The molecule has 1 aromatic rings. The van der Waals surface area contributed by atoms with Crippen LogP contribution in [-0.2, 0) is 9.59 Å². The molecule has 0 unspecified atom stereocenters. The Morgan fingerprint density at radius 3 is 2.30 bits per heavy atom. The van der Waals surface area contributed by atoms with E-state index in [9.17, 15) is 9.59 Å². The van der Waals surface area contributed by atoms with Gasteiger partial charge in [-0.3, -0.25) is 9.59 Å². The fraction of sp³-hybridized carbons (Fsp3) is 0.556. The Balaban J connectivity index is 1.67. The average Bonchev–Trinajstić information content (AvgIpc) is 3.04. The number of halogens is 1. The molecule has 2 saturated heterocycles. The van der Waals surface area contributed by atoms with Crippen LogP contribution in [-0.4, -0.2) is 41.2 Å². The van der Waals surface area contributed by atoms with Crippen molar-refractivity contribution in [3.8, 4) is 0 Å². The Labute approximate surface area is 146 Å². The van der Waals surface area contributed by atoms with E-state index >= 15 is 0 Å². The topological polar surface area (TPSA) is 40.6 Å². The number of amides is 2. The number of benzene rings is 1. The lowest BCUT2D eigenvalue weighted by atomic mass is 9.94. The van der Waals surface area contributed by atoms with Crippen molar-refractivity contribution in [2.45, 2.75) is 38.6 Å². The lowest BCUT2D eigenvalue weighted by molar-refractivity contribution is -0.140. The lowest BCUT2D eigenvalue weighted by Gasteiger charge is -2.34. The highest BCUT2D eigenvalue weighted by molar-refractivity contribution is 9.10. The number of hydrogen-bond donors (Lipinski definition) is 0. The number of rotatable bonds is 2. The largest absolute Gasteiger partial charge is 0.343 e. The molecule has 0 spiro atoms. The summed E-state index contributed by atoms with van der Waals surface area (Å²) < 4.78 is 1.06. The van der Waals surface area contributed by atoms with E-state index in [1.54, 1.807) is 6.92 Å². The minimum absolute atomic E-state index is 0.0710. The minimum Gasteiger partial charge on any atom is -0.343 e. The molecular weight excluding hydrogens is 356 g/mol. The van der Waals surface area contributed by atoms with Crippen LogP contribution in [0.4, 0.5) is 0 Å². The summed E-state index contributed by atoms with van der Waals surface area (Å²) in [6.45, 7) is 3.88. The fourth-order valence-corrected chi connectivity index (χ4v) is 4.00. The second-order valence-corrected chi connectivity index (χ2v) is 7.44. The molecule has 0 N–H and O–H groups in total. The molecule has 4 nitrogen and oxygen atoms in total. The molecule has 0 bridgehead atoms. The molecule has 1 atom stereocenters. The molecule has 3 rings (SSSR count). The molecule has 0 saturated carbocycles. The fourth-order valence-electron chi connectivity index (χ4n) is 3.74. The first-order chi connectivity index (χ1) is 11.1.